The van der Waals surface area contributed by atoms with Crippen LogP contribution in [0, 0.1) is 6.92 Å². The minimum absolute atomic E-state index is 0.233. The molecular weight excluding hydrogens is 280 g/mol. The second-order valence-electron chi connectivity index (χ2n) is 4.30. The first-order chi connectivity index (χ1) is 8.02. The van der Waals surface area contributed by atoms with Crippen molar-refractivity contribution in [2.45, 2.75) is 26.8 Å². The third kappa shape index (κ3) is 2.09. The number of halogens is 1. The molecule has 0 radical (unpaired) electrons. The molecule has 0 unspecified atom stereocenters. The average molecular weight is 295 g/mol. The van der Waals surface area contributed by atoms with Gasteiger partial charge in [0.25, 0.3) is 0 Å². The summed E-state index contributed by atoms with van der Waals surface area (Å²) in [5.41, 5.74) is 2.34. The van der Waals surface area contributed by atoms with E-state index in [4.69, 9.17) is 0 Å². The lowest BCUT2D eigenvalue weighted by Crippen LogP contribution is -2.04. The van der Waals surface area contributed by atoms with Crippen LogP contribution >= 0.6 is 15.9 Å². The molecule has 0 bridgehead atoms. The standard InChI is InChI=1S/C13H15BrN2O/c1-8(2)16-9(3)13(17)12(15-16)10-6-4-5-7-11(10)14/h4-8,17H,1-3H3. The second kappa shape index (κ2) is 4.53. The number of benzene rings is 1. The van der Waals surface area contributed by atoms with Crippen LogP contribution in [0.1, 0.15) is 25.6 Å². The van der Waals surface area contributed by atoms with Crippen molar-refractivity contribution in [1.82, 2.24) is 9.78 Å². The van der Waals surface area contributed by atoms with Gasteiger partial charge in [0.05, 0.1) is 5.69 Å². The van der Waals surface area contributed by atoms with Gasteiger partial charge in [-0.25, -0.2) is 0 Å². The molecule has 0 amide bonds. The van der Waals surface area contributed by atoms with E-state index in [-0.39, 0.29) is 11.8 Å². The van der Waals surface area contributed by atoms with Crippen LogP contribution in [0.5, 0.6) is 5.75 Å². The topological polar surface area (TPSA) is 38.1 Å². The maximum absolute atomic E-state index is 10.1. The first-order valence-electron chi connectivity index (χ1n) is 5.55. The molecule has 1 heterocycles. The molecule has 0 aliphatic carbocycles. The summed E-state index contributed by atoms with van der Waals surface area (Å²) in [6.45, 7) is 5.97. The van der Waals surface area contributed by atoms with Crippen LogP contribution in [0.3, 0.4) is 0 Å². The Morgan fingerprint density at radius 1 is 1.29 bits per heavy atom. The SMILES string of the molecule is Cc1c(O)c(-c2ccccc2Br)nn1C(C)C. The Morgan fingerprint density at radius 3 is 2.47 bits per heavy atom. The Morgan fingerprint density at radius 2 is 1.94 bits per heavy atom. The summed E-state index contributed by atoms with van der Waals surface area (Å²) >= 11 is 3.48. The van der Waals surface area contributed by atoms with E-state index in [0.717, 1.165) is 15.7 Å². The molecule has 0 atom stereocenters. The second-order valence-corrected chi connectivity index (χ2v) is 5.16. The molecule has 0 fully saturated rings. The predicted molar refractivity (Wildman–Crippen MR) is 72.1 cm³/mol. The molecule has 4 heteroatoms. The molecule has 1 aromatic heterocycles. The minimum Gasteiger partial charge on any atom is -0.504 e. The van der Waals surface area contributed by atoms with Gasteiger partial charge in [-0.1, -0.05) is 34.1 Å². The van der Waals surface area contributed by atoms with Gasteiger partial charge >= 0.3 is 0 Å². The van der Waals surface area contributed by atoms with E-state index in [1.165, 1.54) is 0 Å². The zero-order chi connectivity index (χ0) is 12.6. The van der Waals surface area contributed by atoms with E-state index >= 15 is 0 Å². The molecule has 3 nitrogen and oxygen atoms in total. The molecule has 1 N–H and O–H groups in total. The summed E-state index contributed by atoms with van der Waals surface area (Å²) in [7, 11) is 0. The summed E-state index contributed by atoms with van der Waals surface area (Å²) in [6.07, 6.45) is 0. The lowest BCUT2D eigenvalue weighted by atomic mass is 10.1. The van der Waals surface area contributed by atoms with E-state index in [0.29, 0.717) is 5.69 Å². The smallest absolute Gasteiger partial charge is 0.164 e. The van der Waals surface area contributed by atoms with Gasteiger partial charge < -0.3 is 5.11 Å². The Labute approximate surface area is 109 Å². The molecule has 0 spiro atoms. The van der Waals surface area contributed by atoms with Gasteiger partial charge in [0, 0.05) is 16.1 Å². The third-order valence-corrected chi connectivity index (χ3v) is 3.43. The fourth-order valence-electron chi connectivity index (χ4n) is 1.85. The van der Waals surface area contributed by atoms with Crippen LogP contribution in [0.4, 0.5) is 0 Å². The largest absolute Gasteiger partial charge is 0.504 e. The monoisotopic (exact) mass is 294 g/mol. The highest BCUT2D eigenvalue weighted by atomic mass is 79.9. The van der Waals surface area contributed by atoms with Gasteiger partial charge in [0.15, 0.2) is 5.75 Å². The number of rotatable bonds is 2. The van der Waals surface area contributed by atoms with Crippen molar-refractivity contribution in [2.75, 3.05) is 0 Å². The number of hydrogen-bond donors (Lipinski definition) is 1. The Bertz CT molecular complexity index is 546. The van der Waals surface area contributed by atoms with Crippen LogP contribution in [0.15, 0.2) is 28.7 Å². The van der Waals surface area contributed by atoms with Crippen LogP contribution < -0.4 is 0 Å². The fourth-order valence-corrected chi connectivity index (χ4v) is 2.32. The van der Waals surface area contributed by atoms with Crippen LogP contribution in [0.25, 0.3) is 11.3 Å². The molecule has 2 rings (SSSR count). The summed E-state index contributed by atoms with van der Waals surface area (Å²) in [5.74, 6) is 0.255. The maximum Gasteiger partial charge on any atom is 0.164 e. The molecule has 17 heavy (non-hydrogen) atoms. The Hall–Kier alpha value is -1.29. The van der Waals surface area contributed by atoms with Gasteiger partial charge in [-0.2, -0.15) is 5.10 Å². The molecule has 90 valence electrons. The lowest BCUT2D eigenvalue weighted by Gasteiger charge is -2.06. The van der Waals surface area contributed by atoms with Gasteiger partial charge in [-0.15, -0.1) is 0 Å². The molecule has 0 saturated heterocycles. The molecule has 0 aliphatic rings. The average Bonchev–Trinajstić information content (AvgIpc) is 2.57. The molecule has 0 saturated carbocycles. The minimum atomic E-state index is 0.233. The van der Waals surface area contributed by atoms with Crippen molar-refractivity contribution < 1.29 is 5.11 Å². The van der Waals surface area contributed by atoms with Gasteiger partial charge in [0.1, 0.15) is 5.69 Å². The van der Waals surface area contributed by atoms with Gasteiger partial charge in [-0.05, 0) is 26.8 Å². The highest BCUT2D eigenvalue weighted by Gasteiger charge is 2.18. The van der Waals surface area contributed by atoms with Crippen molar-refractivity contribution in [2.24, 2.45) is 0 Å². The van der Waals surface area contributed by atoms with Crippen LogP contribution in [0.2, 0.25) is 0 Å². The van der Waals surface area contributed by atoms with E-state index in [1.54, 1.807) is 0 Å². The van der Waals surface area contributed by atoms with Crippen molar-refractivity contribution in [3.8, 4) is 17.0 Å². The van der Waals surface area contributed by atoms with Crippen molar-refractivity contribution in [3.63, 3.8) is 0 Å². The predicted octanol–water partition coefficient (Wildman–Crippen LogP) is 3.91. The quantitative estimate of drug-likeness (QED) is 0.912. The molecule has 0 aliphatic heterocycles. The van der Waals surface area contributed by atoms with Crippen molar-refractivity contribution in [3.05, 3.63) is 34.4 Å². The number of aromatic nitrogens is 2. The van der Waals surface area contributed by atoms with E-state index in [1.807, 2.05) is 49.7 Å². The third-order valence-electron chi connectivity index (χ3n) is 2.74. The first-order valence-corrected chi connectivity index (χ1v) is 6.34. The first kappa shape index (κ1) is 12.2. The molecule has 2 aromatic rings. The summed E-state index contributed by atoms with van der Waals surface area (Å²) in [4.78, 5) is 0. The van der Waals surface area contributed by atoms with Gasteiger partial charge in [-0.3, -0.25) is 4.68 Å². The van der Waals surface area contributed by atoms with Crippen molar-refractivity contribution >= 4 is 15.9 Å². The zero-order valence-corrected chi connectivity index (χ0v) is 11.7. The van der Waals surface area contributed by atoms with Gasteiger partial charge in [0.2, 0.25) is 0 Å². The number of hydrogen-bond acceptors (Lipinski definition) is 2. The van der Waals surface area contributed by atoms with Crippen LogP contribution in [-0.4, -0.2) is 14.9 Å². The van der Waals surface area contributed by atoms with E-state index in [2.05, 4.69) is 21.0 Å². The van der Waals surface area contributed by atoms with Crippen molar-refractivity contribution in [1.29, 1.82) is 0 Å². The number of nitrogens with zero attached hydrogens (tertiary/aromatic N) is 2. The summed E-state index contributed by atoms with van der Waals surface area (Å²) in [6, 6.07) is 7.99. The Balaban J connectivity index is 2.61. The highest BCUT2D eigenvalue weighted by Crippen LogP contribution is 2.36. The molecular formula is C13H15BrN2O. The number of aromatic hydroxyl groups is 1. The lowest BCUT2D eigenvalue weighted by molar-refractivity contribution is 0.461. The normalized spacial score (nSPS) is 11.1. The maximum atomic E-state index is 10.1. The van der Waals surface area contributed by atoms with Crippen LogP contribution in [-0.2, 0) is 0 Å². The Kier molecular flexibility index (Phi) is 3.24. The summed E-state index contributed by atoms with van der Waals surface area (Å²) in [5, 5.41) is 14.6. The highest BCUT2D eigenvalue weighted by molar-refractivity contribution is 9.10. The summed E-state index contributed by atoms with van der Waals surface area (Å²) < 4.78 is 2.77. The molecule has 1 aromatic carbocycles. The van der Waals surface area contributed by atoms with E-state index in [9.17, 15) is 5.11 Å². The fraction of sp³-hybridized carbons (Fsp3) is 0.308. The van der Waals surface area contributed by atoms with E-state index < -0.39 is 0 Å². The zero-order valence-electron chi connectivity index (χ0n) is 10.1.